The van der Waals surface area contributed by atoms with Gasteiger partial charge >= 0.3 is 5.63 Å². The summed E-state index contributed by atoms with van der Waals surface area (Å²) in [5.74, 6) is 1.84. The van der Waals surface area contributed by atoms with Gasteiger partial charge in [-0.25, -0.2) is 4.79 Å². The first kappa shape index (κ1) is 23.5. The van der Waals surface area contributed by atoms with Gasteiger partial charge in [0.1, 0.15) is 18.1 Å². The number of halogens is 2. The maximum absolute atomic E-state index is 13.2. The molecule has 35 heavy (non-hydrogen) atoms. The number of methoxy groups -OCH3 is 2. The molecule has 0 saturated carbocycles. The van der Waals surface area contributed by atoms with Gasteiger partial charge in [0.2, 0.25) is 0 Å². The van der Waals surface area contributed by atoms with Gasteiger partial charge in [0.15, 0.2) is 11.5 Å². The Balaban J connectivity index is 1.54. The standard InChI is InChI=1S/C27H23Cl2NO5/c1-15-18-6-9-22-19(13-30(14-34-22)12-16-4-7-20(28)21(29)10-16)26(18)35-27(31)25(15)17-5-8-23(32-2)24(11-17)33-3/h4-11H,12-14H2,1-3H3. The van der Waals surface area contributed by atoms with Crippen LogP contribution in [0.25, 0.3) is 22.1 Å². The SMILES string of the molecule is COc1ccc(-c2c(C)c3ccc4c(c3oc2=O)CN(Cc2ccc(Cl)c(Cl)c2)CO4)cc1OC. The number of aryl methyl sites for hydroxylation is 1. The fourth-order valence-electron chi connectivity index (χ4n) is 4.49. The van der Waals surface area contributed by atoms with Crippen LogP contribution in [0.15, 0.2) is 57.7 Å². The first-order valence-electron chi connectivity index (χ1n) is 11.0. The lowest BCUT2D eigenvalue weighted by Crippen LogP contribution is -2.31. The molecule has 4 aromatic rings. The summed E-state index contributed by atoms with van der Waals surface area (Å²) in [4.78, 5) is 15.3. The van der Waals surface area contributed by atoms with E-state index in [4.69, 9.17) is 41.8 Å². The van der Waals surface area contributed by atoms with E-state index in [1.807, 2.05) is 37.3 Å². The summed E-state index contributed by atoms with van der Waals surface area (Å²) in [6, 6.07) is 14.8. The summed E-state index contributed by atoms with van der Waals surface area (Å²) in [6.07, 6.45) is 0. The molecule has 0 radical (unpaired) electrons. The maximum Gasteiger partial charge on any atom is 0.344 e. The van der Waals surface area contributed by atoms with E-state index in [9.17, 15) is 4.79 Å². The summed E-state index contributed by atoms with van der Waals surface area (Å²) in [6.45, 7) is 3.51. The molecule has 0 spiro atoms. The van der Waals surface area contributed by atoms with Crippen LogP contribution in [-0.4, -0.2) is 25.9 Å². The quantitative estimate of drug-likeness (QED) is 0.287. The van der Waals surface area contributed by atoms with Crippen molar-refractivity contribution in [1.82, 2.24) is 4.90 Å². The lowest BCUT2D eigenvalue weighted by Gasteiger charge is -2.29. The smallest absolute Gasteiger partial charge is 0.344 e. The fourth-order valence-corrected chi connectivity index (χ4v) is 4.81. The third-order valence-corrected chi connectivity index (χ3v) is 6.98. The number of rotatable bonds is 5. The molecule has 1 aliphatic heterocycles. The van der Waals surface area contributed by atoms with E-state index in [1.165, 1.54) is 0 Å². The number of fused-ring (bicyclic) bond motifs is 3. The van der Waals surface area contributed by atoms with E-state index in [0.717, 1.165) is 22.1 Å². The van der Waals surface area contributed by atoms with Gasteiger partial charge in [-0.2, -0.15) is 0 Å². The van der Waals surface area contributed by atoms with Crippen molar-refractivity contribution in [2.45, 2.75) is 20.0 Å². The molecular formula is C27H23Cl2NO5. The lowest BCUT2D eigenvalue weighted by molar-refractivity contribution is 0.0890. The Labute approximate surface area is 212 Å². The van der Waals surface area contributed by atoms with Gasteiger partial charge in [0.25, 0.3) is 0 Å². The molecule has 0 bridgehead atoms. The molecule has 2 heterocycles. The van der Waals surface area contributed by atoms with E-state index in [0.29, 0.717) is 63.8 Å². The van der Waals surface area contributed by atoms with Crippen LogP contribution < -0.4 is 19.8 Å². The molecule has 0 aliphatic carbocycles. The monoisotopic (exact) mass is 511 g/mol. The molecule has 0 amide bonds. The van der Waals surface area contributed by atoms with E-state index in [-0.39, 0.29) is 0 Å². The minimum Gasteiger partial charge on any atom is -0.493 e. The van der Waals surface area contributed by atoms with Crippen LogP contribution in [0, 0.1) is 6.92 Å². The van der Waals surface area contributed by atoms with Crippen LogP contribution in [0.1, 0.15) is 16.7 Å². The molecule has 0 atom stereocenters. The number of ether oxygens (including phenoxy) is 3. The van der Waals surface area contributed by atoms with Crippen molar-refractivity contribution in [3.05, 3.63) is 85.7 Å². The normalized spacial score (nSPS) is 13.4. The van der Waals surface area contributed by atoms with Gasteiger partial charge in [-0.3, -0.25) is 4.90 Å². The highest BCUT2D eigenvalue weighted by atomic mass is 35.5. The summed E-state index contributed by atoms with van der Waals surface area (Å²) in [5.41, 5.74) is 3.99. The minimum absolute atomic E-state index is 0.408. The highest BCUT2D eigenvalue weighted by molar-refractivity contribution is 6.42. The van der Waals surface area contributed by atoms with Gasteiger partial charge in [-0.05, 0) is 60.0 Å². The Morgan fingerprint density at radius 2 is 1.77 bits per heavy atom. The van der Waals surface area contributed by atoms with Gasteiger partial charge in [-0.1, -0.05) is 35.3 Å². The summed E-state index contributed by atoms with van der Waals surface area (Å²) in [5, 5.41) is 1.88. The molecule has 8 heteroatoms. The summed E-state index contributed by atoms with van der Waals surface area (Å²) >= 11 is 12.2. The highest BCUT2D eigenvalue weighted by Gasteiger charge is 2.24. The molecule has 0 N–H and O–H groups in total. The zero-order valence-electron chi connectivity index (χ0n) is 19.5. The van der Waals surface area contributed by atoms with Gasteiger partial charge in [-0.15, -0.1) is 0 Å². The second-order valence-corrected chi connectivity index (χ2v) is 9.20. The van der Waals surface area contributed by atoms with Gasteiger partial charge in [0, 0.05) is 18.5 Å². The number of hydrogen-bond donors (Lipinski definition) is 0. The van der Waals surface area contributed by atoms with Crippen LogP contribution in [0.5, 0.6) is 17.2 Å². The van der Waals surface area contributed by atoms with E-state index < -0.39 is 5.63 Å². The molecule has 0 unspecified atom stereocenters. The number of benzene rings is 3. The molecule has 0 saturated heterocycles. The van der Waals surface area contributed by atoms with Crippen LogP contribution in [-0.2, 0) is 13.1 Å². The predicted molar refractivity (Wildman–Crippen MR) is 137 cm³/mol. The molecule has 1 aliphatic rings. The molecule has 180 valence electrons. The van der Waals surface area contributed by atoms with Crippen LogP contribution >= 0.6 is 23.2 Å². The summed E-state index contributed by atoms with van der Waals surface area (Å²) < 4.78 is 22.7. The van der Waals surface area contributed by atoms with Crippen molar-refractivity contribution in [1.29, 1.82) is 0 Å². The Morgan fingerprint density at radius 1 is 0.971 bits per heavy atom. The Morgan fingerprint density at radius 3 is 2.51 bits per heavy atom. The second-order valence-electron chi connectivity index (χ2n) is 8.39. The van der Waals surface area contributed by atoms with Crippen LogP contribution in [0.3, 0.4) is 0 Å². The number of hydrogen-bond acceptors (Lipinski definition) is 6. The molecule has 6 nitrogen and oxygen atoms in total. The van der Waals surface area contributed by atoms with E-state index in [2.05, 4.69) is 4.90 Å². The van der Waals surface area contributed by atoms with Crippen molar-refractivity contribution < 1.29 is 18.6 Å². The maximum atomic E-state index is 13.2. The minimum atomic E-state index is -0.419. The van der Waals surface area contributed by atoms with Crippen molar-refractivity contribution in [3.8, 4) is 28.4 Å². The van der Waals surface area contributed by atoms with Crippen LogP contribution in [0.2, 0.25) is 10.0 Å². The average molecular weight is 512 g/mol. The Hall–Kier alpha value is -3.19. The van der Waals surface area contributed by atoms with Crippen molar-refractivity contribution in [2.24, 2.45) is 0 Å². The Bertz CT molecular complexity index is 1500. The molecule has 0 fully saturated rings. The van der Waals surface area contributed by atoms with Gasteiger partial charge < -0.3 is 18.6 Å². The lowest BCUT2D eigenvalue weighted by atomic mass is 9.97. The molecule has 5 rings (SSSR count). The largest absolute Gasteiger partial charge is 0.493 e. The molecule has 1 aromatic heterocycles. The van der Waals surface area contributed by atoms with Crippen molar-refractivity contribution in [3.63, 3.8) is 0 Å². The predicted octanol–water partition coefficient (Wildman–Crippen LogP) is 6.44. The fraction of sp³-hybridized carbons (Fsp3) is 0.222. The first-order valence-corrected chi connectivity index (χ1v) is 11.8. The van der Waals surface area contributed by atoms with E-state index >= 15 is 0 Å². The van der Waals surface area contributed by atoms with E-state index in [1.54, 1.807) is 32.4 Å². The van der Waals surface area contributed by atoms with Gasteiger partial charge in [0.05, 0.1) is 35.4 Å². The van der Waals surface area contributed by atoms with Crippen molar-refractivity contribution >= 4 is 34.2 Å². The average Bonchev–Trinajstić information content (AvgIpc) is 2.86. The molecule has 3 aromatic carbocycles. The topological polar surface area (TPSA) is 61.1 Å². The second kappa shape index (κ2) is 9.46. The third kappa shape index (κ3) is 4.33. The summed E-state index contributed by atoms with van der Waals surface area (Å²) in [7, 11) is 3.14. The highest BCUT2D eigenvalue weighted by Crippen LogP contribution is 2.38. The third-order valence-electron chi connectivity index (χ3n) is 6.24. The zero-order valence-corrected chi connectivity index (χ0v) is 21.0. The number of nitrogens with zero attached hydrogens (tertiary/aromatic N) is 1. The van der Waals surface area contributed by atoms with Crippen molar-refractivity contribution in [2.75, 3.05) is 21.0 Å². The van der Waals surface area contributed by atoms with Crippen LogP contribution in [0.4, 0.5) is 0 Å². The Kier molecular flexibility index (Phi) is 6.36. The first-order chi connectivity index (χ1) is 16.9. The zero-order chi connectivity index (χ0) is 24.7. The molecular weight excluding hydrogens is 489 g/mol.